The summed E-state index contributed by atoms with van der Waals surface area (Å²) in [5, 5.41) is 0. The molecule has 88 valence electrons. The zero-order valence-corrected chi connectivity index (χ0v) is 10.2. The zero-order chi connectivity index (χ0) is 11.9. The van der Waals surface area contributed by atoms with Gasteiger partial charge >= 0.3 is 0 Å². The van der Waals surface area contributed by atoms with Gasteiger partial charge in [-0.1, -0.05) is 54.6 Å². The summed E-state index contributed by atoms with van der Waals surface area (Å²) in [5.41, 5.74) is 3.94. The second-order valence-electron chi connectivity index (χ2n) is 3.97. The lowest BCUT2D eigenvalue weighted by atomic mass is 9.98. The molecule has 2 rings (SSSR count). The van der Waals surface area contributed by atoms with Crippen molar-refractivity contribution in [3.05, 3.63) is 60.2 Å². The summed E-state index contributed by atoms with van der Waals surface area (Å²) in [6, 6.07) is 19.0. The molecule has 0 fully saturated rings. The van der Waals surface area contributed by atoms with Gasteiger partial charge in [-0.15, -0.1) is 0 Å². The molecule has 0 aromatic heterocycles. The molecule has 2 aromatic rings. The molecule has 0 heterocycles. The first-order chi connectivity index (χ1) is 8.42. The van der Waals surface area contributed by atoms with Gasteiger partial charge in [0.25, 0.3) is 0 Å². The SMILES string of the molecule is CCOCCc1ccccc1-c1ccccc1. The van der Waals surface area contributed by atoms with Crippen molar-refractivity contribution in [3.8, 4) is 11.1 Å². The first kappa shape index (κ1) is 11.9. The van der Waals surface area contributed by atoms with Crippen molar-refractivity contribution in [2.45, 2.75) is 13.3 Å². The number of rotatable bonds is 5. The highest BCUT2D eigenvalue weighted by Gasteiger charge is 2.03. The van der Waals surface area contributed by atoms with E-state index in [0.717, 1.165) is 19.6 Å². The Hall–Kier alpha value is -1.60. The van der Waals surface area contributed by atoms with E-state index in [9.17, 15) is 0 Å². The minimum Gasteiger partial charge on any atom is -0.381 e. The summed E-state index contributed by atoms with van der Waals surface area (Å²) in [7, 11) is 0. The van der Waals surface area contributed by atoms with Crippen LogP contribution >= 0.6 is 0 Å². The molecule has 0 saturated heterocycles. The molecule has 2 aromatic carbocycles. The third-order valence-corrected chi connectivity index (χ3v) is 2.82. The molecule has 0 saturated carbocycles. The van der Waals surface area contributed by atoms with Gasteiger partial charge in [0, 0.05) is 6.61 Å². The first-order valence-electron chi connectivity index (χ1n) is 6.13. The van der Waals surface area contributed by atoms with Crippen molar-refractivity contribution < 1.29 is 4.74 Å². The van der Waals surface area contributed by atoms with Gasteiger partial charge < -0.3 is 4.74 Å². The first-order valence-corrected chi connectivity index (χ1v) is 6.13. The smallest absolute Gasteiger partial charge is 0.0506 e. The molecule has 0 aliphatic heterocycles. The van der Waals surface area contributed by atoms with E-state index in [1.165, 1.54) is 16.7 Å². The van der Waals surface area contributed by atoms with E-state index in [1.54, 1.807) is 0 Å². The van der Waals surface area contributed by atoms with Crippen molar-refractivity contribution in [1.82, 2.24) is 0 Å². The molecule has 0 N–H and O–H groups in total. The zero-order valence-electron chi connectivity index (χ0n) is 10.2. The van der Waals surface area contributed by atoms with Gasteiger partial charge in [-0.3, -0.25) is 0 Å². The monoisotopic (exact) mass is 226 g/mol. The third-order valence-electron chi connectivity index (χ3n) is 2.82. The van der Waals surface area contributed by atoms with E-state index in [1.807, 2.05) is 13.0 Å². The molecule has 1 heteroatoms. The molecule has 0 radical (unpaired) electrons. The van der Waals surface area contributed by atoms with E-state index < -0.39 is 0 Å². The maximum absolute atomic E-state index is 5.43. The Bertz CT molecular complexity index is 448. The van der Waals surface area contributed by atoms with Crippen LogP contribution in [-0.2, 0) is 11.2 Å². The topological polar surface area (TPSA) is 9.23 Å². The maximum Gasteiger partial charge on any atom is 0.0506 e. The molecule has 0 aliphatic carbocycles. The Morgan fingerprint density at radius 2 is 1.59 bits per heavy atom. The molecular formula is C16H18O. The lowest BCUT2D eigenvalue weighted by molar-refractivity contribution is 0.151. The van der Waals surface area contributed by atoms with Crippen molar-refractivity contribution in [3.63, 3.8) is 0 Å². The van der Waals surface area contributed by atoms with Crippen molar-refractivity contribution >= 4 is 0 Å². The minimum absolute atomic E-state index is 0.785. The summed E-state index contributed by atoms with van der Waals surface area (Å²) < 4.78 is 5.43. The number of ether oxygens (including phenoxy) is 1. The van der Waals surface area contributed by atoms with Crippen LogP contribution in [0.25, 0.3) is 11.1 Å². The minimum atomic E-state index is 0.785. The van der Waals surface area contributed by atoms with Crippen LogP contribution < -0.4 is 0 Å². The van der Waals surface area contributed by atoms with Crippen LogP contribution in [0.3, 0.4) is 0 Å². The van der Waals surface area contributed by atoms with E-state index in [4.69, 9.17) is 4.74 Å². The second kappa shape index (κ2) is 6.21. The molecule has 1 nitrogen and oxygen atoms in total. The Balaban J connectivity index is 2.22. The largest absolute Gasteiger partial charge is 0.381 e. The number of hydrogen-bond acceptors (Lipinski definition) is 1. The van der Waals surface area contributed by atoms with Gasteiger partial charge in [0.1, 0.15) is 0 Å². The van der Waals surface area contributed by atoms with Gasteiger partial charge in [-0.05, 0) is 30.0 Å². The van der Waals surface area contributed by atoms with Gasteiger partial charge in [0.2, 0.25) is 0 Å². The Kier molecular flexibility index (Phi) is 4.34. The Labute approximate surface area is 103 Å². The normalized spacial score (nSPS) is 10.4. The van der Waals surface area contributed by atoms with Crippen LogP contribution in [-0.4, -0.2) is 13.2 Å². The highest BCUT2D eigenvalue weighted by atomic mass is 16.5. The number of benzene rings is 2. The third kappa shape index (κ3) is 3.18. The lowest BCUT2D eigenvalue weighted by Crippen LogP contribution is -1.99. The van der Waals surface area contributed by atoms with Crippen molar-refractivity contribution in [2.75, 3.05) is 13.2 Å². The van der Waals surface area contributed by atoms with Crippen LogP contribution in [0.15, 0.2) is 54.6 Å². The van der Waals surface area contributed by atoms with Crippen LogP contribution in [0, 0.1) is 0 Å². The summed E-state index contributed by atoms with van der Waals surface area (Å²) in [4.78, 5) is 0. The molecule has 0 amide bonds. The predicted molar refractivity (Wildman–Crippen MR) is 72.1 cm³/mol. The fourth-order valence-electron chi connectivity index (χ4n) is 1.96. The van der Waals surface area contributed by atoms with Crippen molar-refractivity contribution in [1.29, 1.82) is 0 Å². The predicted octanol–water partition coefficient (Wildman–Crippen LogP) is 3.93. The van der Waals surface area contributed by atoms with Gasteiger partial charge in [-0.2, -0.15) is 0 Å². The molecule has 0 unspecified atom stereocenters. The van der Waals surface area contributed by atoms with E-state index >= 15 is 0 Å². The van der Waals surface area contributed by atoms with Crippen LogP contribution in [0.1, 0.15) is 12.5 Å². The van der Waals surface area contributed by atoms with Crippen LogP contribution in [0.4, 0.5) is 0 Å². The molecule has 0 aliphatic rings. The maximum atomic E-state index is 5.43. The summed E-state index contributed by atoms with van der Waals surface area (Å²) in [6.45, 7) is 3.61. The standard InChI is InChI=1S/C16H18O/c1-2-17-13-12-15-10-6-7-11-16(15)14-8-4-3-5-9-14/h3-11H,2,12-13H2,1H3. The Morgan fingerprint density at radius 1 is 0.882 bits per heavy atom. The van der Waals surface area contributed by atoms with E-state index in [2.05, 4.69) is 48.5 Å². The highest BCUT2D eigenvalue weighted by molar-refractivity contribution is 5.67. The highest BCUT2D eigenvalue weighted by Crippen LogP contribution is 2.23. The van der Waals surface area contributed by atoms with Gasteiger partial charge in [0.15, 0.2) is 0 Å². The molecule has 0 atom stereocenters. The molecular weight excluding hydrogens is 208 g/mol. The average Bonchev–Trinajstić information content (AvgIpc) is 2.41. The summed E-state index contributed by atoms with van der Waals surface area (Å²) in [6.07, 6.45) is 0.971. The summed E-state index contributed by atoms with van der Waals surface area (Å²) >= 11 is 0. The fraction of sp³-hybridized carbons (Fsp3) is 0.250. The van der Waals surface area contributed by atoms with Crippen LogP contribution in [0.2, 0.25) is 0 Å². The summed E-state index contributed by atoms with van der Waals surface area (Å²) in [5.74, 6) is 0. The van der Waals surface area contributed by atoms with E-state index in [-0.39, 0.29) is 0 Å². The molecule has 0 spiro atoms. The van der Waals surface area contributed by atoms with E-state index in [0.29, 0.717) is 0 Å². The van der Waals surface area contributed by atoms with Gasteiger partial charge in [-0.25, -0.2) is 0 Å². The van der Waals surface area contributed by atoms with Crippen molar-refractivity contribution in [2.24, 2.45) is 0 Å². The molecule has 17 heavy (non-hydrogen) atoms. The van der Waals surface area contributed by atoms with Crippen LogP contribution in [0.5, 0.6) is 0 Å². The lowest BCUT2D eigenvalue weighted by Gasteiger charge is -2.09. The second-order valence-corrected chi connectivity index (χ2v) is 3.97. The Morgan fingerprint density at radius 3 is 2.35 bits per heavy atom. The fourth-order valence-corrected chi connectivity index (χ4v) is 1.96. The average molecular weight is 226 g/mol. The van der Waals surface area contributed by atoms with Gasteiger partial charge in [0.05, 0.1) is 6.61 Å². The molecule has 0 bridgehead atoms. The quantitative estimate of drug-likeness (QED) is 0.702. The number of hydrogen-bond donors (Lipinski definition) is 0.